The van der Waals surface area contributed by atoms with Crippen LogP contribution < -0.4 is 10.2 Å². The number of benzene rings is 1. The van der Waals surface area contributed by atoms with Crippen molar-refractivity contribution in [1.29, 1.82) is 0 Å². The molecule has 0 spiro atoms. The largest absolute Gasteiger partial charge is 0.481 e. The summed E-state index contributed by atoms with van der Waals surface area (Å²) >= 11 is 0. The molecule has 2 aromatic heterocycles. The van der Waals surface area contributed by atoms with E-state index in [9.17, 15) is 14.7 Å². The Morgan fingerprint density at radius 3 is 2.84 bits per heavy atom. The van der Waals surface area contributed by atoms with Gasteiger partial charge in [-0.25, -0.2) is 9.67 Å². The number of aromatic nitrogens is 3. The van der Waals surface area contributed by atoms with Crippen molar-refractivity contribution in [3.05, 3.63) is 65.1 Å². The molecular formula is C29H36N6O3. The van der Waals surface area contributed by atoms with Gasteiger partial charge in [-0.1, -0.05) is 12.1 Å². The Labute approximate surface area is 223 Å². The molecule has 0 radical (unpaired) electrons. The van der Waals surface area contributed by atoms with Crippen LogP contribution in [0, 0.1) is 19.8 Å². The minimum Gasteiger partial charge on any atom is -0.481 e. The summed E-state index contributed by atoms with van der Waals surface area (Å²) in [5.41, 5.74) is 5.82. The molecule has 0 bridgehead atoms. The molecule has 1 amide bonds. The van der Waals surface area contributed by atoms with Crippen molar-refractivity contribution in [2.75, 3.05) is 42.9 Å². The summed E-state index contributed by atoms with van der Waals surface area (Å²) in [6.07, 6.45) is 3.72. The van der Waals surface area contributed by atoms with Crippen LogP contribution in [0.2, 0.25) is 0 Å². The number of pyridine rings is 1. The maximum atomic E-state index is 13.7. The lowest BCUT2D eigenvalue weighted by Gasteiger charge is -2.26. The van der Waals surface area contributed by atoms with Crippen LogP contribution in [0.5, 0.6) is 0 Å². The average Bonchev–Trinajstić information content (AvgIpc) is 3.53. The van der Waals surface area contributed by atoms with Gasteiger partial charge in [0.25, 0.3) is 0 Å². The van der Waals surface area contributed by atoms with E-state index in [2.05, 4.69) is 27.4 Å². The predicted molar refractivity (Wildman–Crippen MR) is 147 cm³/mol. The number of aliphatic carboxylic acids is 1. The fraction of sp³-hybridized carbons (Fsp3) is 0.448. The molecule has 1 fully saturated rings. The SMILES string of the molecule is Cc1cc(C)n(-c2cccc(N(CCC(=O)O)C(=O)C3CCN(CCc4ccc5c(n4)NCCC5)C3)c2)n1. The first-order valence-corrected chi connectivity index (χ1v) is 13.5. The first-order valence-electron chi connectivity index (χ1n) is 13.5. The number of amides is 1. The van der Waals surface area contributed by atoms with Crippen molar-refractivity contribution in [2.45, 2.75) is 46.0 Å². The molecule has 3 aromatic rings. The smallest absolute Gasteiger partial charge is 0.305 e. The molecule has 5 rings (SSSR count). The van der Waals surface area contributed by atoms with Crippen LogP contribution in [0.3, 0.4) is 0 Å². The summed E-state index contributed by atoms with van der Waals surface area (Å²) < 4.78 is 1.85. The van der Waals surface area contributed by atoms with E-state index in [1.807, 2.05) is 48.9 Å². The Morgan fingerprint density at radius 1 is 1.18 bits per heavy atom. The number of carbonyl (C=O) groups is 2. The third-order valence-corrected chi connectivity index (χ3v) is 7.47. The molecule has 0 aliphatic carbocycles. The third-order valence-electron chi connectivity index (χ3n) is 7.47. The number of nitrogens with one attached hydrogen (secondary N) is 1. The summed E-state index contributed by atoms with van der Waals surface area (Å²) in [5.74, 6) is -0.0905. The number of likely N-dealkylation sites (tertiary alicyclic amines) is 1. The van der Waals surface area contributed by atoms with Crippen LogP contribution in [-0.4, -0.2) is 69.4 Å². The molecule has 1 atom stereocenters. The van der Waals surface area contributed by atoms with E-state index in [1.54, 1.807) is 4.90 Å². The van der Waals surface area contributed by atoms with Gasteiger partial charge in [-0.2, -0.15) is 5.10 Å². The van der Waals surface area contributed by atoms with Crippen molar-refractivity contribution in [3.63, 3.8) is 0 Å². The fourth-order valence-corrected chi connectivity index (χ4v) is 5.50. The van der Waals surface area contributed by atoms with Gasteiger partial charge in [0, 0.05) is 49.7 Å². The Morgan fingerprint density at radius 2 is 2.05 bits per heavy atom. The number of hydrogen-bond acceptors (Lipinski definition) is 6. The molecule has 4 heterocycles. The molecular weight excluding hydrogens is 480 g/mol. The lowest BCUT2D eigenvalue weighted by atomic mass is 10.1. The normalized spacial score (nSPS) is 17.2. The van der Waals surface area contributed by atoms with Gasteiger partial charge >= 0.3 is 5.97 Å². The number of fused-ring (bicyclic) bond motifs is 1. The molecule has 1 unspecified atom stereocenters. The number of rotatable bonds is 9. The van der Waals surface area contributed by atoms with Crippen molar-refractivity contribution < 1.29 is 14.7 Å². The van der Waals surface area contributed by atoms with Crippen molar-refractivity contribution in [1.82, 2.24) is 19.7 Å². The third kappa shape index (κ3) is 5.88. The summed E-state index contributed by atoms with van der Waals surface area (Å²) in [5, 5.41) is 17.3. The Hall–Kier alpha value is -3.72. The number of carboxylic acid groups (broad SMARTS) is 1. The van der Waals surface area contributed by atoms with E-state index in [4.69, 9.17) is 4.98 Å². The summed E-state index contributed by atoms with van der Waals surface area (Å²) in [7, 11) is 0. The quantitative estimate of drug-likeness (QED) is 0.448. The second kappa shape index (κ2) is 11.3. The molecule has 2 aliphatic rings. The standard InChI is InChI=1S/C29H36N6O3/c1-20-17-21(2)35(32-20)26-7-3-6-25(18-26)34(16-12-27(36)37)29(38)23-10-14-33(19-23)15-11-24-9-8-22-5-4-13-30-28(22)31-24/h3,6-9,17-18,23H,4-5,10-16,19H2,1-2H3,(H,30,31)(H,36,37). The Bertz CT molecular complexity index is 1320. The molecule has 9 nitrogen and oxygen atoms in total. The van der Waals surface area contributed by atoms with Crippen LogP contribution in [0.25, 0.3) is 5.69 Å². The van der Waals surface area contributed by atoms with Gasteiger partial charge < -0.3 is 20.2 Å². The lowest BCUT2D eigenvalue weighted by molar-refractivity contribution is -0.136. The number of carbonyl (C=O) groups excluding carboxylic acids is 1. The molecule has 2 N–H and O–H groups in total. The highest BCUT2D eigenvalue weighted by atomic mass is 16.4. The van der Waals surface area contributed by atoms with Crippen LogP contribution in [0.4, 0.5) is 11.5 Å². The predicted octanol–water partition coefficient (Wildman–Crippen LogP) is 3.61. The zero-order valence-electron chi connectivity index (χ0n) is 22.2. The van der Waals surface area contributed by atoms with Gasteiger partial charge in [-0.15, -0.1) is 0 Å². The highest BCUT2D eigenvalue weighted by Crippen LogP contribution is 2.26. The minimum atomic E-state index is -0.919. The van der Waals surface area contributed by atoms with E-state index < -0.39 is 5.97 Å². The van der Waals surface area contributed by atoms with Gasteiger partial charge in [0.1, 0.15) is 5.82 Å². The molecule has 9 heteroatoms. The van der Waals surface area contributed by atoms with Crippen molar-refractivity contribution in [3.8, 4) is 5.69 Å². The zero-order chi connectivity index (χ0) is 26.6. The maximum absolute atomic E-state index is 13.7. The lowest BCUT2D eigenvalue weighted by Crippen LogP contribution is -2.39. The molecule has 200 valence electrons. The Kier molecular flexibility index (Phi) is 7.74. The highest BCUT2D eigenvalue weighted by molar-refractivity contribution is 5.96. The van der Waals surface area contributed by atoms with Crippen LogP contribution in [0.1, 0.15) is 41.9 Å². The van der Waals surface area contributed by atoms with Crippen LogP contribution >= 0.6 is 0 Å². The van der Waals surface area contributed by atoms with E-state index in [0.29, 0.717) is 12.2 Å². The second-order valence-corrected chi connectivity index (χ2v) is 10.4. The Balaban J connectivity index is 1.26. The van der Waals surface area contributed by atoms with Crippen LogP contribution in [0.15, 0.2) is 42.5 Å². The first kappa shape index (κ1) is 25.9. The number of hydrogen-bond donors (Lipinski definition) is 2. The summed E-state index contributed by atoms with van der Waals surface area (Å²) in [4.78, 5) is 33.9. The van der Waals surface area contributed by atoms with E-state index in [0.717, 1.165) is 73.9 Å². The van der Waals surface area contributed by atoms with E-state index >= 15 is 0 Å². The second-order valence-electron chi connectivity index (χ2n) is 10.4. The van der Waals surface area contributed by atoms with Crippen molar-refractivity contribution in [2.24, 2.45) is 5.92 Å². The minimum absolute atomic E-state index is 0.0182. The van der Waals surface area contributed by atoms with Crippen molar-refractivity contribution >= 4 is 23.4 Å². The fourth-order valence-electron chi connectivity index (χ4n) is 5.50. The average molecular weight is 517 g/mol. The number of aryl methyl sites for hydroxylation is 3. The molecule has 38 heavy (non-hydrogen) atoms. The van der Waals surface area contributed by atoms with Gasteiger partial charge in [-0.05, 0) is 75.5 Å². The van der Waals surface area contributed by atoms with Gasteiger partial charge in [0.2, 0.25) is 5.91 Å². The molecule has 1 saturated heterocycles. The maximum Gasteiger partial charge on any atom is 0.305 e. The summed E-state index contributed by atoms with van der Waals surface area (Å²) in [6.45, 7) is 7.40. The van der Waals surface area contributed by atoms with Gasteiger partial charge in [0.15, 0.2) is 0 Å². The molecule has 1 aromatic carbocycles. The van der Waals surface area contributed by atoms with Gasteiger partial charge in [0.05, 0.1) is 23.7 Å². The van der Waals surface area contributed by atoms with Crippen LogP contribution in [-0.2, 0) is 22.4 Å². The highest BCUT2D eigenvalue weighted by Gasteiger charge is 2.32. The van der Waals surface area contributed by atoms with E-state index in [1.165, 1.54) is 5.56 Å². The number of carboxylic acids is 1. The monoisotopic (exact) mass is 516 g/mol. The first-order chi connectivity index (χ1) is 18.4. The molecule has 0 saturated carbocycles. The molecule has 2 aliphatic heterocycles. The summed E-state index contributed by atoms with van der Waals surface area (Å²) in [6, 6.07) is 13.9. The van der Waals surface area contributed by atoms with Gasteiger partial charge in [-0.3, -0.25) is 9.59 Å². The topological polar surface area (TPSA) is 104 Å². The van der Waals surface area contributed by atoms with E-state index in [-0.39, 0.29) is 24.8 Å². The number of nitrogens with zero attached hydrogens (tertiary/aromatic N) is 5. The zero-order valence-corrected chi connectivity index (χ0v) is 22.2. The number of anilines is 2.